The molecule has 0 atom stereocenters. The van der Waals surface area contributed by atoms with E-state index in [-0.39, 0.29) is 24.0 Å². The van der Waals surface area contributed by atoms with Gasteiger partial charge in [0.1, 0.15) is 5.75 Å². The SMILES string of the molecule is CN=C(NCCc1ccccn1)NCc1ccc(OCC(C)C)cc1.I. The third kappa shape index (κ3) is 8.51. The number of aliphatic imine (C=N–C) groups is 1. The summed E-state index contributed by atoms with van der Waals surface area (Å²) in [6, 6.07) is 14.1. The quantitative estimate of drug-likeness (QED) is 0.353. The molecule has 0 fully saturated rings. The van der Waals surface area contributed by atoms with Gasteiger partial charge in [-0.25, -0.2) is 0 Å². The highest BCUT2D eigenvalue weighted by molar-refractivity contribution is 14.0. The lowest BCUT2D eigenvalue weighted by Crippen LogP contribution is -2.37. The second-order valence-electron chi connectivity index (χ2n) is 6.27. The molecule has 26 heavy (non-hydrogen) atoms. The Kier molecular flexibility index (Phi) is 10.7. The van der Waals surface area contributed by atoms with Crippen molar-refractivity contribution in [2.24, 2.45) is 10.9 Å². The van der Waals surface area contributed by atoms with E-state index >= 15 is 0 Å². The van der Waals surface area contributed by atoms with Gasteiger partial charge < -0.3 is 15.4 Å². The summed E-state index contributed by atoms with van der Waals surface area (Å²) in [5, 5.41) is 6.63. The number of halogens is 1. The molecular weight excluding hydrogens is 439 g/mol. The van der Waals surface area contributed by atoms with Crippen molar-refractivity contribution in [1.29, 1.82) is 0 Å². The molecule has 0 bridgehead atoms. The predicted octanol–water partition coefficient (Wildman–Crippen LogP) is 3.64. The zero-order valence-electron chi connectivity index (χ0n) is 15.7. The largest absolute Gasteiger partial charge is 0.493 e. The van der Waals surface area contributed by atoms with Crippen molar-refractivity contribution in [1.82, 2.24) is 15.6 Å². The van der Waals surface area contributed by atoms with Crippen LogP contribution in [0.15, 0.2) is 53.7 Å². The fourth-order valence-electron chi connectivity index (χ4n) is 2.23. The molecule has 1 aromatic heterocycles. The molecule has 0 saturated carbocycles. The Bertz CT molecular complexity index is 645. The number of hydrogen-bond donors (Lipinski definition) is 2. The second kappa shape index (κ2) is 12.5. The summed E-state index contributed by atoms with van der Waals surface area (Å²) in [5.41, 5.74) is 2.26. The molecule has 0 aliphatic carbocycles. The van der Waals surface area contributed by atoms with E-state index in [0.29, 0.717) is 12.5 Å². The van der Waals surface area contributed by atoms with Gasteiger partial charge in [0.2, 0.25) is 0 Å². The second-order valence-corrected chi connectivity index (χ2v) is 6.27. The lowest BCUT2D eigenvalue weighted by atomic mass is 10.2. The average molecular weight is 468 g/mol. The maximum absolute atomic E-state index is 5.70. The van der Waals surface area contributed by atoms with Gasteiger partial charge in [0, 0.05) is 38.4 Å². The van der Waals surface area contributed by atoms with Gasteiger partial charge in [-0.05, 0) is 35.7 Å². The van der Waals surface area contributed by atoms with Gasteiger partial charge in [-0.2, -0.15) is 0 Å². The van der Waals surface area contributed by atoms with Crippen LogP contribution in [0, 0.1) is 5.92 Å². The third-order valence-corrected chi connectivity index (χ3v) is 3.59. The van der Waals surface area contributed by atoms with Crippen molar-refractivity contribution >= 4 is 29.9 Å². The van der Waals surface area contributed by atoms with E-state index in [0.717, 1.165) is 37.0 Å². The van der Waals surface area contributed by atoms with E-state index in [1.165, 1.54) is 5.56 Å². The van der Waals surface area contributed by atoms with E-state index in [2.05, 4.69) is 46.6 Å². The summed E-state index contributed by atoms with van der Waals surface area (Å²) in [5.74, 6) is 2.23. The summed E-state index contributed by atoms with van der Waals surface area (Å²) < 4.78 is 5.70. The molecule has 0 radical (unpaired) electrons. The minimum Gasteiger partial charge on any atom is -0.493 e. The molecule has 142 valence electrons. The van der Waals surface area contributed by atoms with Crippen molar-refractivity contribution in [2.45, 2.75) is 26.8 Å². The molecule has 5 nitrogen and oxygen atoms in total. The Hall–Kier alpha value is -1.83. The maximum atomic E-state index is 5.70. The van der Waals surface area contributed by atoms with Crippen LogP contribution in [0.5, 0.6) is 5.75 Å². The maximum Gasteiger partial charge on any atom is 0.191 e. The fourth-order valence-corrected chi connectivity index (χ4v) is 2.23. The van der Waals surface area contributed by atoms with Gasteiger partial charge in [-0.1, -0.05) is 32.0 Å². The molecule has 2 aromatic rings. The van der Waals surface area contributed by atoms with Gasteiger partial charge in [0.05, 0.1) is 6.61 Å². The monoisotopic (exact) mass is 468 g/mol. The van der Waals surface area contributed by atoms with Crippen molar-refractivity contribution in [3.63, 3.8) is 0 Å². The first kappa shape index (κ1) is 22.2. The minimum absolute atomic E-state index is 0. The topological polar surface area (TPSA) is 58.5 Å². The molecule has 2 N–H and O–H groups in total. The lowest BCUT2D eigenvalue weighted by molar-refractivity contribution is 0.271. The third-order valence-electron chi connectivity index (χ3n) is 3.59. The zero-order chi connectivity index (χ0) is 17.9. The zero-order valence-corrected chi connectivity index (χ0v) is 18.1. The van der Waals surface area contributed by atoms with Crippen LogP contribution in [0.4, 0.5) is 0 Å². The van der Waals surface area contributed by atoms with Crippen LogP contribution in [0.2, 0.25) is 0 Å². The van der Waals surface area contributed by atoms with Gasteiger partial charge in [-0.3, -0.25) is 9.98 Å². The number of hydrogen-bond acceptors (Lipinski definition) is 3. The Morgan fingerprint density at radius 2 is 1.88 bits per heavy atom. The lowest BCUT2D eigenvalue weighted by Gasteiger charge is -2.12. The van der Waals surface area contributed by atoms with Crippen LogP contribution in [-0.4, -0.2) is 31.1 Å². The molecule has 0 aliphatic rings. The van der Waals surface area contributed by atoms with Crippen molar-refractivity contribution in [3.05, 3.63) is 59.9 Å². The van der Waals surface area contributed by atoms with Gasteiger partial charge in [-0.15, -0.1) is 24.0 Å². The molecule has 1 aromatic carbocycles. The first-order valence-electron chi connectivity index (χ1n) is 8.73. The first-order valence-corrected chi connectivity index (χ1v) is 8.73. The van der Waals surface area contributed by atoms with Crippen LogP contribution in [0.1, 0.15) is 25.1 Å². The fraction of sp³-hybridized carbons (Fsp3) is 0.400. The van der Waals surface area contributed by atoms with Crippen LogP contribution in [-0.2, 0) is 13.0 Å². The summed E-state index contributed by atoms with van der Waals surface area (Å²) >= 11 is 0. The molecule has 0 saturated heterocycles. The number of nitrogens with zero attached hydrogens (tertiary/aromatic N) is 2. The average Bonchev–Trinajstić information content (AvgIpc) is 2.64. The summed E-state index contributed by atoms with van der Waals surface area (Å²) in [6.07, 6.45) is 2.68. The first-order chi connectivity index (χ1) is 12.2. The van der Waals surface area contributed by atoms with E-state index in [9.17, 15) is 0 Å². The number of aromatic nitrogens is 1. The van der Waals surface area contributed by atoms with Crippen molar-refractivity contribution < 1.29 is 4.74 Å². The molecule has 0 unspecified atom stereocenters. The van der Waals surface area contributed by atoms with Crippen molar-refractivity contribution in [2.75, 3.05) is 20.2 Å². The van der Waals surface area contributed by atoms with Crippen LogP contribution in [0.25, 0.3) is 0 Å². The molecule has 2 rings (SSSR count). The van der Waals surface area contributed by atoms with Crippen LogP contribution < -0.4 is 15.4 Å². The smallest absolute Gasteiger partial charge is 0.191 e. The van der Waals surface area contributed by atoms with E-state index in [1.807, 2.05) is 36.5 Å². The molecular formula is C20H29IN4O. The Morgan fingerprint density at radius 3 is 2.50 bits per heavy atom. The minimum atomic E-state index is 0. The van der Waals surface area contributed by atoms with Gasteiger partial charge >= 0.3 is 0 Å². The Morgan fingerprint density at radius 1 is 1.12 bits per heavy atom. The highest BCUT2D eigenvalue weighted by Crippen LogP contribution is 2.13. The normalized spacial score (nSPS) is 11.0. The molecule has 0 amide bonds. The number of benzene rings is 1. The molecule has 1 heterocycles. The summed E-state index contributed by atoms with van der Waals surface area (Å²) in [4.78, 5) is 8.57. The van der Waals surface area contributed by atoms with E-state index in [1.54, 1.807) is 7.05 Å². The molecule has 0 aliphatic heterocycles. The predicted molar refractivity (Wildman–Crippen MR) is 118 cm³/mol. The molecule has 6 heteroatoms. The van der Waals surface area contributed by atoms with Crippen LogP contribution >= 0.6 is 24.0 Å². The van der Waals surface area contributed by atoms with Gasteiger partial charge in [0.25, 0.3) is 0 Å². The number of pyridine rings is 1. The number of rotatable bonds is 8. The summed E-state index contributed by atoms with van der Waals surface area (Å²) in [7, 11) is 1.78. The van der Waals surface area contributed by atoms with Crippen LogP contribution in [0.3, 0.4) is 0 Å². The highest BCUT2D eigenvalue weighted by atomic mass is 127. The van der Waals surface area contributed by atoms with Gasteiger partial charge in [0.15, 0.2) is 5.96 Å². The molecule has 0 spiro atoms. The van der Waals surface area contributed by atoms with E-state index < -0.39 is 0 Å². The summed E-state index contributed by atoms with van der Waals surface area (Å²) in [6.45, 7) is 6.53. The Balaban J connectivity index is 0.00000338. The number of ether oxygens (including phenoxy) is 1. The number of guanidine groups is 1. The number of nitrogens with one attached hydrogen (secondary N) is 2. The van der Waals surface area contributed by atoms with E-state index in [4.69, 9.17) is 4.74 Å². The Labute approximate surface area is 173 Å². The highest BCUT2D eigenvalue weighted by Gasteiger charge is 2.01. The van der Waals surface area contributed by atoms with Crippen molar-refractivity contribution in [3.8, 4) is 5.75 Å². The standard InChI is InChI=1S/C20H28N4O.HI/c1-16(2)15-25-19-9-7-17(8-10-19)14-24-20(21-3)23-13-11-18-6-4-5-12-22-18;/h4-10,12,16H,11,13-15H2,1-3H3,(H2,21,23,24);1H.